The number of benzene rings is 2. The summed E-state index contributed by atoms with van der Waals surface area (Å²) < 4.78 is 39.8. The zero-order chi connectivity index (χ0) is 21.9. The van der Waals surface area contributed by atoms with E-state index in [2.05, 4.69) is 20.8 Å². The molecule has 156 valence electrons. The molecule has 2 aromatic carbocycles. The molecule has 3 rings (SSSR count). The van der Waals surface area contributed by atoms with E-state index >= 15 is 0 Å². The van der Waals surface area contributed by atoms with Crippen molar-refractivity contribution in [3.8, 4) is 5.69 Å². The van der Waals surface area contributed by atoms with Crippen molar-refractivity contribution >= 4 is 29.0 Å². The molecule has 0 aliphatic rings. The summed E-state index contributed by atoms with van der Waals surface area (Å²) in [7, 11) is 0. The molecule has 0 spiro atoms. The lowest BCUT2D eigenvalue weighted by Crippen LogP contribution is -2.14. The molecule has 13 heteroatoms. The smallest absolute Gasteiger partial charge is 0.325 e. The van der Waals surface area contributed by atoms with Crippen molar-refractivity contribution in [3.05, 3.63) is 64.0 Å². The number of nitro benzene ring substituents is 1. The quantitative estimate of drug-likeness (QED) is 0.355. The molecule has 1 aromatic heterocycles. The zero-order valence-electron chi connectivity index (χ0n) is 15.3. The third-order valence-electron chi connectivity index (χ3n) is 3.92. The first-order valence-corrected chi connectivity index (χ1v) is 9.26. The van der Waals surface area contributed by atoms with Crippen molar-refractivity contribution in [1.29, 1.82) is 0 Å². The van der Waals surface area contributed by atoms with Crippen LogP contribution in [-0.2, 0) is 11.0 Å². The summed E-state index contributed by atoms with van der Waals surface area (Å²) in [6.45, 7) is 1.80. The van der Waals surface area contributed by atoms with Crippen LogP contribution in [0.2, 0.25) is 0 Å². The van der Waals surface area contributed by atoms with Crippen LogP contribution in [0, 0.1) is 17.0 Å². The average molecular weight is 438 g/mol. The monoisotopic (exact) mass is 438 g/mol. The second-order valence-corrected chi connectivity index (χ2v) is 7.05. The van der Waals surface area contributed by atoms with Crippen molar-refractivity contribution < 1.29 is 22.9 Å². The van der Waals surface area contributed by atoms with E-state index in [1.165, 1.54) is 11.0 Å². The maximum atomic E-state index is 12.8. The zero-order valence-corrected chi connectivity index (χ0v) is 16.1. The molecule has 3 aromatic rings. The Bertz CT molecular complexity index is 1090. The van der Waals surface area contributed by atoms with Gasteiger partial charge in [0.15, 0.2) is 0 Å². The Labute approximate surface area is 171 Å². The molecule has 0 radical (unpaired) electrons. The summed E-state index contributed by atoms with van der Waals surface area (Å²) in [6.07, 6.45) is -3.27. The number of carbonyl (C=O) groups is 1. The molecular weight excluding hydrogens is 425 g/mol. The number of thioether (sulfide) groups is 1. The lowest BCUT2D eigenvalue weighted by molar-refractivity contribution is -0.388. The molecule has 0 fully saturated rings. The Hall–Kier alpha value is -3.48. The van der Waals surface area contributed by atoms with E-state index in [4.69, 9.17) is 0 Å². The molecule has 1 N–H and O–H groups in total. The molecular formula is C17H13F3N6O3S. The molecule has 0 saturated carbocycles. The molecule has 0 bridgehead atoms. The van der Waals surface area contributed by atoms with Crippen molar-refractivity contribution in [2.75, 3.05) is 11.1 Å². The number of nitrogens with one attached hydrogen (secondary N) is 1. The number of aromatic nitrogens is 4. The Kier molecular flexibility index (Phi) is 6.01. The average Bonchev–Trinajstić information content (AvgIpc) is 3.20. The van der Waals surface area contributed by atoms with Gasteiger partial charge >= 0.3 is 6.18 Å². The van der Waals surface area contributed by atoms with Crippen LogP contribution in [0.5, 0.6) is 0 Å². The first kappa shape index (κ1) is 21.2. The molecule has 0 saturated heterocycles. The van der Waals surface area contributed by atoms with Gasteiger partial charge in [-0.1, -0.05) is 0 Å². The Morgan fingerprint density at radius 3 is 2.63 bits per heavy atom. The van der Waals surface area contributed by atoms with Gasteiger partial charge in [-0.25, -0.2) is 4.68 Å². The molecule has 0 aliphatic heterocycles. The molecule has 1 heterocycles. The number of carbonyl (C=O) groups excluding carboxylic acids is 1. The summed E-state index contributed by atoms with van der Waals surface area (Å²) in [5.41, 5.74) is 0.154. The van der Waals surface area contributed by atoms with Crippen LogP contribution >= 0.6 is 11.8 Å². The number of hydrogen-bond acceptors (Lipinski definition) is 7. The molecule has 0 unspecified atom stereocenters. The standard InChI is InChI=1S/C17H13F3N6O3S/c1-10-6-12(3-4-13(10)25-9-21-23-24-25)22-16(27)8-30-15-5-2-11(17(18,19)20)7-14(15)26(28)29/h2-7,9H,8H2,1H3,(H,22,27). The second-order valence-electron chi connectivity index (χ2n) is 6.03. The fourth-order valence-corrected chi connectivity index (χ4v) is 3.37. The van der Waals surface area contributed by atoms with E-state index in [0.29, 0.717) is 17.4 Å². The normalized spacial score (nSPS) is 11.3. The van der Waals surface area contributed by atoms with Crippen LogP contribution in [0.4, 0.5) is 24.5 Å². The van der Waals surface area contributed by atoms with Crippen LogP contribution < -0.4 is 5.32 Å². The molecule has 9 nitrogen and oxygen atoms in total. The summed E-state index contributed by atoms with van der Waals surface area (Å²) in [5.74, 6) is -0.691. The van der Waals surface area contributed by atoms with E-state index < -0.39 is 28.3 Å². The third-order valence-corrected chi connectivity index (χ3v) is 4.98. The highest BCUT2D eigenvalue weighted by Gasteiger charge is 2.33. The van der Waals surface area contributed by atoms with E-state index in [1.807, 2.05) is 0 Å². The number of halogens is 3. The number of anilines is 1. The van der Waals surface area contributed by atoms with Gasteiger partial charge in [-0.3, -0.25) is 14.9 Å². The van der Waals surface area contributed by atoms with Crippen molar-refractivity contribution in [3.63, 3.8) is 0 Å². The van der Waals surface area contributed by atoms with E-state index in [0.717, 1.165) is 29.5 Å². The van der Waals surface area contributed by atoms with Gasteiger partial charge in [0.05, 0.1) is 26.8 Å². The predicted molar refractivity (Wildman–Crippen MR) is 101 cm³/mol. The molecule has 0 aliphatic carbocycles. The van der Waals surface area contributed by atoms with Gasteiger partial charge in [0.25, 0.3) is 5.69 Å². The van der Waals surface area contributed by atoms with E-state index in [1.54, 1.807) is 25.1 Å². The van der Waals surface area contributed by atoms with Crippen molar-refractivity contribution in [2.24, 2.45) is 0 Å². The number of aryl methyl sites for hydroxylation is 1. The van der Waals surface area contributed by atoms with Gasteiger partial charge in [-0.2, -0.15) is 13.2 Å². The maximum absolute atomic E-state index is 12.8. The predicted octanol–water partition coefficient (Wildman–Crippen LogP) is 3.63. The summed E-state index contributed by atoms with van der Waals surface area (Å²) in [5, 5.41) is 24.6. The number of rotatable bonds is 6. The van der Waals surface area contributed by atoms with Crippen molar-refractivity contribution in [2.45, 2.75) is 18.0 Å². The minimum absolute atomic E-state index is 0.0339. The van der Waals surface area contributed by atoms with Crippen LogP contribution in [0.3, 0.4) is 0 Å². The highest BCUT2D eigenvalue weighted by atomic mass is 32.2. The van der Waals surface area contributed by atoms with Gasteiger partial charge in [0.2, 0.25) is 5.91 Å². The summed E-state index contributed by atoms with van der Waals surface area (Å²) in [6, 6.07) is 7.22. The Balaban J connectivity index is 1.67. The van der Waals surface area contributed by atoms with Gasteiger partial charge in [-0.05, 0) is 53.2 Å². The van der Waals surface area contributed by atoms with Crippen molar-refractivity contribution in [1.82, 2.24) is 20.2 Å². The molecule has 30 heavy (non-hydrogen) atoms. The van der Waals surface area contributed by atoms with Crippen LogP contribution in [-0.4, -0.2) is 36.8 Å². The number of hydrogen-bond donors (Lipinski definition) is 1. The largest absolute Gasteiger partial charge is 0.416 e. The lowest BCUT2D eigenvalue weighted by atomic mass is 10.2. The number of tetrazole rings is 1. The van der Waals surface area contributed by atoms with Gasteiger partial charge < -0.3 is 5.32 Å². The number of amides is 1. The minimum atomic E-state index is -4.70. The number of nitro groups is 1. The molecule has 0 atom stereocenters. The molecule has 1 amide bonds. The highest BCUT2D eigenvalue weighted by Crippen LogP contribution is 2.36. The fraction of sp³-hybridized carbons (Fsp3) is 0.176. The van der Waals surface area contributed by atoms with E-state index in [9.17, 15) is 28.1 Å². The number of nitrogens with zero attached hydrogens (tertiary/aromatic N) is 5. The topological polar surface area (TPSA) is 116 Å². The first-order chi connectivity index (χ1) is 14.1. The second kappa shape index (κ2) is 8.49. The van der Waals surface area contributed by atoms with Crippen LogP contribution in [0.25, 0.3) is 5.69 Å². The van der Waals surface area contributed by atoms with Crippen LogP contribution in [0.15, 0.2) is 47.6 Å². The Morgan fingerprint density at radius 1 is 1.27 bits per heavy atom. The highest BCUT2D eigenvalue weighted by molar-refractivity contribution is 8.00. The first-order valence-electron chi connectivity index (χ1n) is 8.27. The third kappa shape index (κ3) is 4.92. The summed E-state index contributed by atoms with van der Waals surface area (Å²) >= 11 is 0.776. The number of alkyl halides is 3. The van der Waals surface area contributed by atoms with Crippen LogP contribution in [0.1, 0.15) is 11.1 Å². The Morgan fingerprint density at radius 2 is 2.03 bits per heavy atom. The van der Waals surface area contributed by atoms with Gasteiger partial charge in [0.1, 0.15) is 6.33 Å². The van der Waals surface area contributed by atoms with Gasteiger partial charge in [-0.15, -0.1) is 16.9 Å². The van der Waals surface area contributed by atoms with E-state index in [-0.39, 0.29) is 10.6 Å². The minimum Gasteiger partial charge on any atom is -0.325 e. The fourth-order valence-electron chi connectivity index (χ4n) is 2.56. The van der Waals surface area contributed by atoms with Gasteiger partial charge in [0, 0.05) is 11.8 Å². The lowest BCUT2D eigenvalue weighted by Gasteiger charge is -2.10. The maximum Gasteiger partial charge on any atom is 0.416 e. The summed E-state index contributed by atoms with van der Waals surface area (Å²) in [4.78, 5) is 22.4. The SMILES string of the molecule is Cc1cc(NC(=O)CSc2ccc(C(F)(F)F)cc2[N+](=O)[O-])ccc1-n1cnnn1.